The number of hydrogen-bond acceptors (Lipinski definition) is 4. The Kier molecular flexibility index (Phi) is 6.69. The molecule has 0 radical (unpaired) electrons. The fourth-order valence-electron chi connectivity index (χ4n) is 3.18. The van der Waals surface area contributed by atoms with Gasteiger partial charge in [0.25, 0.3) is 5.91 Å². The van der Waals surface area contributed by atoms with Crippen LogP contribution in [-0.2, 0) is 4.79 Å². The van der Waals surface area contributed by atoms with Crippen LogP contribution in [0.3, 0.4) is 0 Å². The van der Waals surface area contributed by atoms with Crippen LogP contribution in [0.5, 0.6) is 5.75 Å². The first-order valence-corrected chi connectivity index (χ1v) is 8.14. The molecule has 1 aromatic rings. The molecule has 23 heavy (non-hydrogen) atoms. The highest BCUT2D eigenvalue weighted by Gasteiger charge is 2.30. The van der Waals surface area contributed by atoms with E-state index in [9.17, 15) is 4.79 Å². The molecule has 128 valence electrons. The average Bonchev–Trinajstić information content (AvgIpc) is 3.05. The van der Waals surface area contributed by atoms with E-state index in [1.807, 2.05) is 36.1 Å². The molecule has 2 saturated heterocycles. The summed E-state index contributed by atoms with van der Waals surface area (Å²) in [6, 6.07) is 8.34. The van der Waals surface area contributed by atoms with E-state index in [0.717, 1.165) is 51.4 Å². The molecular weight excluding hydrogens is 314 g/mol. The van der Waals surface area contributed by atoms with Crippen LogP contribution in [-0.4, -0.2) is 67.6 Å². The molecule has 0 bridgehead atoms. The maximum atomic E-state index is 12.3. The number of aryl methyl sites for hydroxylation is 1. The van der Waals surface area contributed by atoms with Crippen LogP contribution in [0.25, 0.3) is 0 Å². The number of ether oxygens (including phenoxy) is 1. The lowest BCUT2D eigenvalue weighted by Crippen LogP contribution is -2.49. The molecule has 1 atom stereocenters. The average molecular weight is 340 g/mol. The predicted octanol–water partition coefficient (Wildman–Crippen LogP) is 1.30. The summed E-state index contributed by atoms with van der Waals surface area (Å²) in [7, 11) is 0. The quantitative estimate of drug-likeness (QED) is 0.898. The van der Waals surface area contributed by atoms with E-state index in [1.165, 1.54) is 5.56 Å². The third-order valence-electron chi connectivity index (χ3n) is 4.57. The summed E-state index contributed by atoms with van der Waals surface area (Å²) in [5.74, 6) is 0.856. The van der Waals surface area contributed by atoms with Crippen molar-refractivity contribution in [2.24, 2.45) is 0 Å². The lowest BCUT2D eigenvalue weighted by Gasteiger charge is -2.32. The number of halogens is 1. The zero-order chi connectivity index (χ0) is 15.4. The molecule has 0 saturated carbocycles. The largest absolute Gasteiger partial charge is 0.484 e. The minimum atomic E-state index is 0. The van der Waals surface area contributed by atoms with E-state index >= 15 is 0 Å². The molecule has 0 spiro atoms. The Bertz CT molecular complexity index is 503. The van der Waals surface area contributed by atoms with Gasteiger partial charge in [0.1, 0.15) is 5.75 Å². The fourth-order valence-corrected chi connectivity index (χ4v) is 3.18. The van der Waals surface area contributed by atoms with Gasteiger partial charge in [-0.2, -0.15) is 0 Å². The second kappa shape index (κ2) is 8.52. The smallest absolute Gasteiger partial charge is 0.260 e. The van der Waals surface area contributed by atoms with Gasteiger partial charge in [-0.15, -0.1) is 12.4 Å². The molecule has 2 aliphatic rings. The fraction of sp³-hybridized carbons (Fsp3) is 0.588. The minimum Gasteiger partial charge on any atom is -0.484 e. The first-order valence-electron chi connectivity index (χ1n) is 8.14. The Morgan fingerprint density at radius 2 is 1.91 bits per heavy atom. The van der Waals surface area contributed by atoms with Gasteiger partial charge >= 0.3 is 0 Å². The van der Waals surface area contributed by atoms with Gasteiger partial charge in [-0.3, -0.25) is 9.69 Å². The van der Waals surface area contributed by atoms with Crippen molar-refractivity contribution in [2.75, 3.05) is 45.9 Å². The standard InChI is InChI=1S/C17H25N3O2.ClH/c1-14-2-4-16(5-3-14)22-13-17(21)20-9-6-15(12-20)19-10-7-18-8-11-19;/h2-5,15,18H,6-13H2,1H3;1H. The van der Waals surface area contributed by atoms with Crippen molar-refractivity contribution < 1.29 is 9.53 Å². The van der Waals surface area contributed by atoms with Crippen molar-refractivity contribution in [3.05, 3.63) is 29.8 Å². The Balaban J connectivity index is 0.00000192. The molecule has 2 aliphatic heterocycles. The maximum Gasteiger partial charge on any atom is 0.260 e. The van der Waals surface area contributed by atoms with Crippen molar-refractivity contribution in [1.29, 1.82) is 0 Å². The SMILES string of the molecule is Cc1ccc(OCC(=O)N2CCC(N3CCNCC3)C2)cc1.Cl. The molecular formula is C17H26ClN3O2. The molecule has 1 N–H and O–H groups in total. The Hall–Kier alpha value is -1.30. The van der Waals surface area contributed by atoms with Gasteiger partial charge in [-0.25, -0.2) is 0 Å². The van der Waals surface area contributed by atoms with Gasteiger partial charge in [0.05, 0.1) is 0 Å². The number of piperazine rings is 1. The van der Waals surface area contributed by atoms with Crippen LogP contribution in [0.1, 0.15) is 12.0 Å². The summed E-state index contributed by atoms with van der Waals surface area (Å²) in [6.07, 6.45) is 1.08. The molecule has 6 heteroatoms. The van der Waals surface area contributed by atoms with E-state index in [0.29, 0.717) is 6.04 Å². The second-order valence-electron chi connectivity index (χ2n) is 6.17. The molecule has 2 heterocycles. The van der Waals surface area contributed by atoms with Gasteiger partial charge < -0.3 is 15.0 Å². The van der Waals surface area contributed by atoms with E-state index in [4.69, 9.17) is 4.74 Å². The van der Waals surface area contributed by atoms with Crippen LogP contribution in [0.4, 0.5) is 0 Å². The monoisotopic (exact) mass is 339 g/mol. The van der Waals surface area contributed by atoms with Crippen LogP contribution < -0.4 is 10.1 Å². The Morgan fingerprint density at radius 3 is 2.61 bits per heavy atom. The highest BCUT2D eigenvalue weighted by molar-refractivity contribution is 5.85. The van der Waals surface area contributed by atoms with Gasteiger partial charge in [-0.05, 0) is 25.5 Å². The first kappa shape index (κ1) is 18.0. The van der Waals surface area contributed by atoms with Crippen molar-refractivity contribution in [3.8, 4) is 5.75 Å². The molecule has 1 unspecified atom stereocenters. The lowest BCUT2D eigenvalue weighted by atomic mass is 10.2. The predicted molar refractivity (Wildman–Crippen MR) is 93.3 cm³/mol. The second-order valence-corrected chi connectivity index (χ2v) is 6.17. The number of carbonyl (C=O) groups excluding carboxylic acids is 1. The molecule has 1 amide bonds. The van der Waals surface area contributed by atoms with Gasteiger partial charge in [0.15, 0.2) is 6.61 Å². The zero-order valence-corrected chi connectivity index (χ0v) is 14.5. The highest BCUT2D eigenvalue weighted by Crippen LogP contribution is 2.17. The van der Waals surface area contributed by atoms with Crippen molar-refractivity contribution in [2.45, 2.75) is 19.4 Å². The van der Waals surface area contributed by atoms with Crippen LogP contribution in [0.2, 0.25) is 0 Å². The summed E-state index contributed by atoms with van der Waals surface area (Å²) >= 11 is 0. The number of rotatable bonds is 4. The number of benzene rings is 1. The number of carbonyl (C=O) groups is 1. The molecule has 0 aliphatic carbocycles. The third-order valence-corrected chi connectivity index (χ3v) is 4.57. The molecule has 5 nitrogen and oxygen atoms in total. The van der Waals surface area contributed by atoms with Crippen LogP contribution in [0.15, 0.2) is 24.3 Å². The van der Waals surface area contributed by atoms with E-state index < -0.39 is 0 Å². The van der Waals surface area contributed by atoms with Crippen LogP contribution in [0, 0.1) is 6.92 Å². The summed E-state index contributed by atoms with van der Waals surface area (Å²) in [6.45, 7) is 8.16. The van der Waals surface area contributed by atoms with Crippen molar-refractivity contribution in [3.63, 3.8) is 0 Å². The normalized spacial score (nSPS) is 21.8. The van der Waals surface area contributed by atoms with Crippen molar-refractivity contribution >= 4 is 18.3 Å². The zero-order valence-electron chi connectivity index (χ0n) is 13.7. The Labute approximate surface area is 144 Å². The van der Waals surface area contributed by atoms with Gasteiger partial charge in [0, 0.05) is 45.3 Å². The summed E-state index contributed by atoms with van der Waals surface area (Å²) in [5.41, 5.74) is 1.19. The summed E-state index contributed by atoms with van der Waals surface area (Å²) in [5, 5.41) is 3.37. The van der Waals surface area contributed by atoms with E-state index in [2.05, 4.69) is 10.2 Å². The van der Waals surface area contributed by atoms with Gasteiger partial charge in [0.2, 0.25) is 0 Å². The van der Waals surface area contributed by atoms with Gasteiger partial charge in [-0.1, -0.05) is 17.7 Å². The summed E-state index contributed by atoms with van der Waals surface area (Å²) in [4.78, 5) is 16.7. The van der Waals surface area contributed by atoms with Crippen LogP contribution >= 0.6 is 12.4 Å². The lowest BCUT2D eigenvalue weighted by molar-refractivity contribution is -0.132. The highest BCUT2D eigenvalue weighted by atomic mass is 35.5. The minimum absolute atomic E-state index is 0. The Morgan fingerprint density at radius 1 is 1.22 bits per heavy atom. The molecule has 3 rings (SSSR count). The molecule has 1 aromatic carbocycles. The molecule has 0 aromatic heterocycles. The number of amides is 1. The molecule has 2 fully saturated rings. The number of nitrogens with zero attached hydrogens (tertiary/aromatic N) is 2. The van der Waals surface area contributed by atoms with E-state index in [-0.39, 0.29) is 24.9 Å². The third kappa shape index (κ3) is 4.83. The number of likely N-dealkylation sites (tertiary alicyclic amines) is 1. The first-order chi connectivity index (χ1) is 10.7. The number of hydrogen-bond donors (Lipinski definition) is 1. The topological polar surface area (TPSA) is 44.8 Å². The maximum absolute atomic E-state index is 12.3. The summed E-state index contributed by atoms with van der Waals surface area (Å²) < 4.78 is 5.60. The van der Waals surface area contributed by atoms with Crippen molar-refractivity contribution in [1.82, 2.24) is 15.1 Å². The number of nitrogens with one attached hydrogen (secondary N) is 1. The van der Waals surface area contributed by atoms with E-state index in [1.54, 1.807) is 0 Å².